The van der Waals surface area contributed by atoms with Crippen molar-refractivity contribution in [2.75, 3.05) is 6.61 Å². The number of aliphatic hydroxyl groups is 4. The van der Waals surface area contributed by atoms with Crippen LogP contribution < -0.4 is 9.79 Å². The van der Waals surface area contributed by atoms with Gasteiger partial charge in [-0.25, -0.2) is 0 Å². The second-order valence-corrected chi connectivity index (χ2v) is 4.43. The molecule has 10 heteroatoms. The molecule has 9 nitrogen and oxygen atoms in total. The van der Waals surface area contributed by atoms with Gasteiger partial charge in [0.15, 0.2) is 6.29 Å². The van der Waals surface area contributed by atoms with Crippen LogP contribution in [0.1, 0.15) is 0 Å². The highest BCUT2D eigenvalue weighted by molar-refractivity contribution is 7.43. The Balaban J connectivity index is 2.57. The maximum absolute atomic E-state index is 10.1. The molecule has 16 heavy (non-hydrogen) atoms. The summed E-state index contributed by atoms with van der Waals surface area (Å²) in [6.07, 6.45) is -8.35. The van der Waals surface area contributed by atoms with Crippen molar-refractivity contribution >= 4 is 7.82 Å². The summed E-state index contributed by atoms with van der Waals surface area (Å²) in [4.78, 5) is 20.3. The topological polar surface area (TPSA) is 163 Å². The summed E-state index contributed by atoms with van der Waals surface area (Å²) in [6.45, 7) is -0.855. The van der Waals surface area contributed by atoms with Gasteiger partial charge in [-0.3, -0.25) is 0 Å². The second-order valence-electron chi connectivity index (χ2n) is 3.28. The van der Waals surface area contributed by atoms with E-state index in [9.17, 15) is 24.6 Å². The van der Waals surface area contributed by atoms with E-state index < -0.39 is 45.1 Å². The molecule has 1 saturated heterocycles. The Morgan fingerprint density at radius 2 is 1.69 bits per heavy atom. The van der Waals surface area contributed by atoms with Gasteiger partial charge in [-0.1, -0.05) is 0 Å². The van der Waals surface area contributed by atoms with Gasteiger partial charge in [0.2, 0.25) is 0 Å². The Kier molecular flexibility index (Phi) is 4.41. The lowest BCUT2D eigenvalue weighted by Gasteiger charge is -2.39. The lowest BCUT2D eigenvalue weighted by molar-refractivity contribution is -0.347. The van der Waals surface area contributed by atoms with Crippen molar-refractivity contribution in [3.05, 3.63) is 0 Å². The molecule has 1 aliphatic heterocycles. The maximum Gasteiger partial charge on any atom is 0.184 e. The van der Waals surface area contributed by atoms with Crippen molar-refractivity contribution in [3.63, 3.8) is 0 Å². The van der Waals surface area contributed by atoms with E-state index in [4.69, 9.17) is 10.2 Å². The number of ether oxygens (including phenoxy) is 1. The molecular formula is C6H11O9P-2. The van der Waals surface area contributed by atoms with E-state index in [-0.39, 0.29) is 0 Å². The average Bonchev–Trinajstić information content (AvgIpc) is 2.17. The van der Waals surface area contributed by atoms with Crippen LogP contribution >= 0.6 is 7.82 Å². The van der Waals surface area contributed by atoms with E-state index in [1.807, 2.05) is 0 Å². The number of hydrogen-bond donors (Lipinski definition) is 4. The summed E-state index contributed by atoms with van der Waals surface area (Å²) in [6, 6.07) is 0. The molecule has 0 spiro atoms. The minimum atomic E-state index is -5.23. The van der Waals surface area contributed by atoms with Crippen LogP contribution in [-0.4, -0.2) is 57.7 Å². The van der Waals surface area contributed by atoms with Crippen LogP contribution in [0.3, 0.4) is 0 Å². The first kappa shape index (κ1) is 14.0. The van der Waals surface area contributed by atoms with Gasteiger partial charge in [0, 0.05) is 0 Å². The number of phosphoric ester groups is 1. The van der Waals surface area contributed by atoms with Gasteiger partial charge in [-0.2, -0.15) is 0 Å². The monoisotopic (exact) mass is 258 g/mol. The van der Waals surface area contributed by atoms with Crippen LogP contribution in [0.15, 0.2) is 0 Å². The van der Waals surface area contributed by atoms with E-state index in [1.165, 1.54) is 0 Å². The Morgan fingerprint density at radius 3 is 2.19 bits per heavy atom. The largest absolute Gasteiger partial charge is 0.790 e. The third-order valence-electron chi connectivity index (χ3n) is 2.08. The third kappa shape index (κ3) is 3.45. The van der Waals surface area contributed by atoms with Gasteiger partial charge < -0.3 is 44.0 Å². The third-order valence-corrected chi connectivity index (χ3v) is 2.55. The van der Waals surface area contributed by atoms with Crippen LogP contribution in [0.5, 0.6) is 0 Å². The summed E-state index contributed by atoms with van der Waals surface area (Å²) in [5.74, 6) is 0. The van der Waals surface area contributed by atoms with Crippen molar-refractivity contribution in [1.29, 1.82) is 0 Å². The molecule has 0 saturated carbocycles. The first-order valence-electron chi connectivity index (χ1n) is 4.26. The Morgan fingerprint density at radius 1 is 1.12 bits per heavy atom. The fraction of sp³-hybridized carbons (Fsp3) is 1.00. The predicted molar refractivity (Wildman–Crippen MR) is 42.5 cm³/mol. The summed E-state index contributed by atoms with van der Waals surface area (Å²) < 4.78 is 18.5. The normalized spacial score (nSPS) is 41.0. The molecule has 0 bridgehead atoms. The number of aliphatic hydroxyl groups excluding tert-OH is 4. The van der Waals surface area contributed by atoms with Crippen LogP contribution in [0.25, 0.3) is 0 Å². The molecule has 1 fully saturated rings. The van der Waals surface area contributed by atoms with Gasteiger partial charge in [-0.15, -0.1) is 0 Å². The van der Waals surface area contributed by atoms with Crippen molar-refractivity contribution < 1.29 is 44.0 Å². The quantitative estimate of drug-likeness (QED) is 0.366. The standard InChI is InChI=1S/C6H13O9P/c7-3-2(1-14-16(11,12)13)15-6(10)5(9)4(3)8/h2-10H,1H2,(H2,11,12,13)/p-2/t2?,3-,4+,5?,6?/m1/s1. The Bertz CT molecular complexity index is 277. The van der Waals surface area contributed by atoms with Crippen molar-refractivity contribution in [1.82, 2.24) is 0 Å². The molecule has 1 rings (SSSR count). The first-order valence-corrected chi connectivity index (χ1v) is 5.73. The second kappa shape index (κ2) is 5.05. The van der Waals surface area contributed by atoms with Crippen molar-refractivity contribution in [3.8, 4) is 0 Å². The van der Waals surface area contributed by atoms with Crippen LogP contribution in [0.4, 0.5) is 0 Å². The zero-order valence-corrected chi connectivity index (χ0v) is 8.77. The van der Waals surface area contributed by atoms with Gasteiger partial charge >= 0.3 is 0 Å². The van der Waals surface area contributed by atoms with Crippen molar-refractivity contribution in [2.45, 2.75) is 30.7 Å². The molecular weight excluding hydrogens is 247 g/mol. The smallest absolute Gasteiger partial charge is 0.184 e. The van der Waals surface area contributed by atoms with Gasteiger partial charge in [0.05, 0.1) is 14.4 Å². The van der Waals surface area contributed by atoms with E-state index in [0.29, 0.717) is 0 Å². The predicted octanol–water partition coefficient (Wildman–Crippen LogP) is -4.37. The average molecular weight is 258 g/mol. The molecule has 3 unspecified atom stereocenters. The fourth-order valence-electron chi connectivity index (χ4n) is 1.23. The lowest BCUT2D eigenvalue weighted by Crippen LogP contribution is -2.58. The van der Waals surface area contributed by atoms with Crippen LogP contribution in [-0.2, 0) is 13.8 Å². The minimum absolute atomic E-state index is 0.855. The molecule has 0 aromatic rings. The highest BCUT2D eigenvalue weighted by Crippen LogP contribution is 2.27. The van der Waals surface area contributed by atoms with E-state index in [1.54, 1.807) is 0 Å². The number of rotatable bonds is 3. The van der Waals surface area contributed by atoms with Crippen LogP contribution in [0.2, 0.25) is 0 Å². The summed E-state index contributed by atoms with van der Waals surface area (Å²) in [5, 5.41) is 36.6. The van der Waals surface area contributed by atoms with E-state index in [0.717, 1.165) is 0 Å². The van der Waals surface area contributed by atoms with E-state index >= 15 is 0 Å². The number of hydrogen-bond acceptors (Lipinski definition) is 9. The Labute approximate surface area is 90.1 Å². The lowest BCUT2D eigenvalue weighted by atomic mass is 10.00. The highest BCUT2D eigenvalue weighted by atomic mass is 31.2. The highest BCUT2D eigenvalue weighted by Gasteiger charge is 2.43. The molecule has 0 aliphatic carbocycles. The molecule has 5 atom stereocenters. The summed E-state index contributed by atoms with van der Waals surface area (Å²) in [7, 11) is -5.23. The Hall–Kier alpha value is -0.0900. The zero-order chi connectivity index (χ0) is 12.5. The molecule has 1 aliphatic rings. The van der Waals surface area contributed by atoms with Crippen molar-refractivity contribution in [2.24, 2.45) is 0 Å². The summed E-state index contributed by atoms with van der Waals surface area (Å²) in [5.41, 5.74) is 0. The molecule has 0 aromatic heterocycles. The van der Waals surface area contributed by atoms with Crippen LogP contribution in [0, 0.1) is 0 Å². The molecule has 4 N–H and O–H groups in total. The molecule has 1 heterocycles. The fourth-order valence-corrected chi connectivity index (χ4v) is 1.56. The SMILES string of the molecule is O=P([O-])([O-])OCC1OC(O)C(O)[C@@H](O)[C@@H]1O. The molecule has 0 amide bonds. The molecule has 0 radical (unpaired) electrons. The zero-order valence-electron chi connectivity index (χ0n) is 7.87. The molecule has 96 valence electrons. The minimum Gasteiger partial charge on any atom is -0.790 e. The van der Waals surface area contributed by atoms with Gasteiger partial charge in [0.25, 0.3) is 0 Å². The first-order chi connectivity index (χ1) is 7.22. The summed E-state index contributed by atoms with van der Waals surface area (Å²) >= 11 is 0. The van der Waals surface area contributed by atoms with Gasteiger partial charge in [-0.05, 0) is 0 Å². The maximum atomic E-state index is 10.1. The molecule has 0 aromatic carbocycles. The number of phosphoric acid groups is 1. The van der Waals surface area contributed by atoms with Gasteiger partial charge in [0.1, 0.15) is 24.4 Å². The van der Waals surface area contributed by atoms with E-state index in [2.05, 4.69) is 9.26 Å².